The molecule has 0 radical (unpaired) electrons. The lowest BCUT2D eigenvalue weighted by atomic mass is 9.73. The number of fused-ring (bicyclic) bond motifs is 1. The second-order valence-corrected chi connectivity index (χ2v) is 7.68. The molecule has 0 unspecified atom stereocenters. The zero-order valence-corrected chi connectivity index (χ0v) is 15.8. The number of aryl methyl sites for hydroxylation is 1. The van der Waals surface area contributed by atoms with E-state index < -0.39 is 0 Å². The third-order valence-electron chi connectivity index (χ3n) is 5.90. The van der Waals surface area contributed by atoms with Crippen LogP contribution in [0.25, 0.3) is 0 Å². The maximum atomic E-state index is 12.4. The SMILES string of the molecule is COCCNC(=O)c1nnc2n1CC1(CC2)CCN(Cc2ccoc2)CC1. The molecule has 0 atom stereocenters. The van der Waals surface area contributed by atoms with Gasteiger partial charge in [-0.2, -0.15) is 0 Å². The van der Waals surface area contributed by atoms with Gasteiger partial charge in [0.2, 0.25) is 5.82 Å². The molecule has 1 N–H and O–H groups in total. The van der Waals surface area contributed by atoms with Crippen LogP contribution in [-0.2, 0) is 24.2 Å². The summed E-state index contributed by atoms with van der Waals surface area (Å²) < 4.78 is 12.2. The van der Waals surface area contributed by atoms with Crippen LogP contribution < -0.4 is 5.32 Å². The molecule has 146 valence electrons. The zero-order chi connectivity index (χ0) is 18.7. The summed E-state index contributed by atoms with van der Waals surface area (Å²) in [4.78, 5) is 14.9. The topological polar surface area (TPSA) is 85.4 Å². The molecule has 27 heavy (non-hydrogen) atoms. The summed E-state index contributed by atoms with van der Waals surface area (Å²) in [5.74, 6) is 1.19. The Bertz CT molecular complexity index is 762. The van der Waals surface area contributed by atoms with Crippen LogP contribution in [-0.4, -0.2) is 58.9 Å². The monoisotopic (exact) mass is 373 g/mol. The van der Waals surface area contributed by atoms with Crippen molar-refractivity contribution >= 4 is 5.91 Å². The Morgan fingerprint density at radius 1 is 1.33 bits per heavy atom. The first-order chi connectivity index (χ1) is 13.2. The third kappa shape index (κ3) is 3.91. The van der Waals surface area contributed by atoms with Gasteiger partial charge in [0.1, 0.15) is 5.82 Å². The van der Waals surface area contributed by atoms with E-state index in [1.54, 1.807) is 13.4 Å². The Labute approximate surface area is 158 Å². The summed E-state index contributed by atoms with van der Waals surface area (Å²) in [6.45, 7) is 4.88. The molecule has 2 aromatic heterocycles. The number of piperidine rings is 1. The number of carbonyl (C=O) groups excluding carboxylic acids is 1. The first kappa shape index (κ1) is 18.2. The minimum atomic E-state index is -0.166. The van der Waals surface area contributed by atoms with Gasteiger partial charge in [0.05, 0.1) is 19.1 Å². The van der Waals surface area contributed by atoms with Gasteiger partial charge < -0.3 is 19.0 Å². The van der Waals surface area contributed by atoms with Gasteiger partial charge in [-0.1, -0.05) is 0 Å². The van der Waals surface area contributed by atoms with Gasteiger partial charge >= 0.3 is 0 Å². The second kappa shape index (κ2) is 7.82. The maximum absolute atomic E-state index is 12.4. The van der Waals surface area contributed by atoms with E-state index in [9.17, 15) is 4.79 Å². The number of carbonyl (C=O) groups is 1. The minimum absolute atomic E-state index is 0.166. The molecule has 0 saturated carbocycles. The largest absolute Gasteiger partial charge is 0.472 e. The van der Waals surface area contributed by atoms with E-state index in [2.05, 4.69) is 20.4 Å². The molecular weight excluding hydrogens is 346 g/mol. The first-order valence-electron chi connectivity index (χ1n) is 9.62. The van der Waals surface area contributed by atoms with Crippen LogP contribution in [0, 0.1) is 5.41 Å². The second-order valence-electron chi connectivity index (χ2n) is 7.68. The van der Waals surface area contributed by atoms with Crippen LogP contribution in [0.1, 0.15) is 41.3 Å². The zero-order valence-electron chi connectivity index (χ0n) is 15.8. The fraction of sp³-hybridized carbons (Fsp3) is 0.632. The Morgan fingerprint density at radius 3 is 2.93 bits per heavy atom. The van der Waals surface area contributed by atoms with Crippen molar-refractivity contribution in [1.29, 1.82) is 0 Å². The molecule has 1 saturated heterocycles. The van der Waals surface area contributed by atoms with Crippen molar-refractivity contribution in [2.75, 3.05) is 33.4 Å². The summed E-state index contributed by atoms with van der Waals surface area (Å²) in [6.07, 6.45) is 7.83. The van der Waals surface area contributed by atoms with Gasteiger partial charge in [-0.15, -0.1) is 10.2 Å². The number of methoxy groups -OCH3 is 1. The Balaban J connectivity index is 1.39. The highest BCUT2D eigenvalue weighted by molar-refractivity contribution is 5.90. The van der Waals surface area contributed by atoms with E-state index in [0.29, 0.717) is 19.0 Å². The van der Waals surface area contributed by atoms with E-state index in [0.717, 1.165) is 57.7 Å². The van der Waals surface area contributed by atoms with Crippen molar-refractivity contribution in [3.05, 3.63) is 35.8 Å². The van der Waals surface area contributed by atoms with Gasteiger partial charge in [-0.3, -0.25) is 9.69 Å². The van der Waals surface area contributed by atoms with Crippen LogP contribution >= 0.6 is 0 Å². The van der Waals surface area contributed by atoms with Crippen LogP contribution in [0.2, 0.25) is 0 Å². The van der Waals surface area contributed by atoms with Crippen molar-refractivity contribution in [3.8, 4) is 0 Å². The number of aromatic nitrogens is 3. The molecule has 8 nitrogen and oxygen atoms in total. The molecule has 2 aliphatic heterocycles. The lowest BCUT2D eigenvalue weighted by Gasteiger charge is -2.44. The molecule has 1 spiro atoms. The Kier molecular flexibility index (Phi) is 5.27. The predicted octanol–water partition coefficient (Wildman–Crippen LogP) is 1.48. The summed E-state index contributed by atoms with van der Waals surface area (Å²) in [5, 5.41) is 11.3. The number of nitrogens with zero attached hydrogens (tertiary/aromatic N) is 4. The summed E-state index contributed by atoms with van der Waals surface area (Å²) in [7, 11) is 1.62. The van der Waals surface area contributed by atoms with Crippen LogP contribution in [0.3, 0.4) is 0 Å². The van der Waals surface area contributed by atoms with Gasteiger partial charge in [-0.25, -0.2) is 0 Å². The average molecular weight is 373 g/mol. The molecule has 0 aromatic carbocycles. The number of hydrogen-bond acceptors (Lipinski definition) is 6. The number of ether oxygens (including phenoxy) is 1. The highest BCUT2D eigenvalue weighted by Crippen LogP contribution is 2.41. The van der Waals surface area contributed by atoms with Gasteiger partial charge in [0.25, 0.3) is 5.91 Å². The molecule has 8 heteroatoms. The molecule has 1 amide bonds. The van der Waals surface area contributed by atoms with Crippen LogP contribution in [0.4, 0.5) is 0 Å². The summed E-state index contributed by atoms with van der Waals surface area (Å²) in [5.41, 5.74) is 1.47. The quantitative estimate of drug-likeness (QED) is 0.772. The lowest BCUT2D eigenvalue weighted by molar-refractivity contribution is 0.0616. The average Bonchev–Trinajstić information content (AvgIpc) is 3.33. The van der Waals surface area contributed by atoms with Crippen molar-refractivity contribution < 1.29 is 13.9 Å². The number of likely N-dealkylation sites (tertiary alicyclic amines) is 1. The van der Waals surface area contributed by atoms with E-state index >= 15 is 0 Å². The van der Waals surface area contributed by atoms with Crippen molar-refractivity contribution in [1.82, 2.24) is 25.0 Å². The Hall–Kier alpha value is -2.19. The highest BCUT2D eigenvalue weighted by Gasteiger charge is 2.39. The molecule has 2 aromatic rings. The molecule has 4 rings (SSSR count). The van der Waals surface area contributed by atoms with E-state index in [-0.39, 0.29) is 11.3 Å². The van der Waals surface area contributed by atoms with Gasteiger partial charge in [-0.05, 0) is 43.8 Å². The maximum Gasteiger partial charge on any atom is 0.289 e. The summed E-state index contributed by atoms with van der Waals surface area (Å²) >= 11 is 0. The fourth-order valence-electron chi connectivity index (χ4n) is 4.23. The predicted molar refractivity (Wildman–Crippen MR) is 98.2 cm³/mol. The van der Waals surface area contributed by atoms with Crippen molar-refractivity contribution in [2.24, 2.45) is 5.41 Å². The third-order valence-corrected chi connectivity index (χ3v) is 5.90. The number of nitrogens with one attached hydrogen (secondary N) is 1. The minimum Gasteiger partial charge on any atom is -0.472 e. The molecule has 1 fully saturated rings. The van der Waals surface area contributed by atoms with Gasteiger partial charge in [0, 0.05) is 38.7 Å². The van der Waals surface area contributed by atoms with Crippen molar-refractivity contribution in [3.63, 3.8) is 0 Å². The number of amides is 1. The lowest BCUT2D eigenvalue weighted by Crippen LogP contribution is -2.44. The summed E-state index contributed by atoms with van der Waals surface area (Å²) in [6, 6.07) is 2.03. The molecule has 4 heterocycles. The molecule has 2 aliphatic rings. The van der Waals surface area contributed by atoms with E-state index in [1.165, 1.54) is 5.56 Å². The Morgan fingerprint density at radius 2 is 2.19 bits per heavy atom. The number of furan rings is 1. The standard InChI is InChI=1S/C19H27N5O3/c1-26-11-7-20-18(25)17-22-21-16-2-4-19(14-24(16)17)5-8-23(9-6-19)12-15-3-10-27-13-15/h3,10,13H,2,4-9,11-12,14H2,1H3,(H,20,25). The van der Waals surface area contributed by atoms with E-state index in [1.807, 2.05) is 16.9 Å². The smallest absolute Gasteiger partial charge is 0.289 e. The first-order valence-corrected chi connectivity index (χ1v) is 9.62. The van der Waals surface area contributed by atoms with Crippen molar-refractivity contribution in [2.45, 2.75) is 38.8 Å². The molecular formula is C19H27N5O3. The van der Waals surface area contributed by atoms with E-state index in [4.69, 9.17) is 9.15 Å². The fourth-order valence-corrected chi connectivity index (χ4v) is 4.23. The van der Waals surface area contributed by atoms with Crippen LogP contribution in [0.15, 0.2) is 23.0 Å². The van der Waals surface area contributed by atoms with Crippen LogP contribution in [0.5, 0.6) is 0 Å². The number of rotatable bonds is 6. The van der Waals surface area contributed by atoms with Gasteiger partial charge in [0.15, 0.2) is 0 Å². The highest BCUT2D eigenvalue weighted by atomic mass is 16.5. The molecule has 0 bridgehead atoms. The number of hydrogen-bond donors (Lipinski definition) is 1. The molecule has 0 aliphatic carbocycles. The normalized spacial score (nSPS) is 19.1.